The topological polar surface area (TPSA) is 178 Å². The van der Waals surface area contributed by atoms with Crippen LogP contribution < -0.4 is 0 Å². The normalized spacial score (nSPS) is 47.0. The van der Waals surface area contributed by atoms with Crippen LogP contribution in [0.25, 0.3) is 0 Å². The van der Waals surface area contributed by atoms with E-state index >= 15 is 0 Å². The first kappa shape index (κ1) is 25.5. The van der Waals surface area contributed by atoms with Gasteiger partial charge < -0.3 is 28.4 Å². The van der Waals surface area contributed by atoms with Gasteiger partial charge in [-0.2, -0.15) is 17.2 Å². The quantitative estimate of drug-likeness (QED) is 0.258. The molecule has 13 nitrogen and oxygen atoms in total. The molecule has 0 amide bonds. The van der Waals surface area contributed by atoms with Gasteiger partial charge in [0.15, 0.2) is 18.3 Å². The van der Waals surface area contributed by atoms with Crippen LogP contribution in [-0.2, 0) is 57.7 Å². The largest absolute Gasteiger partial charge is 0.465 e. The number of rotatable bonds is 6. The van der Waals surface area contributed by atoms with Crippen LogP contribution in [0.2, 0.25) is 0 Å². The summed E-state index contributed by atoms with van der Waals surface area (Å²) in [7, 11) is -6.03. The number of hydrogen-bond donors (Lipinski definition) is 1. The van der Waals surface area contributed by atoms with E-state index < -0.39 is 93.4 Å². The third-order valence-corrected chi connectivity index (χ3v) is 10.2. The SMILES string of the molecule is O=C(CC1OC2(OC1=O)C1CC3CC2CC(OC(=O)C(F)(F)S(=O)(=O)O)(C3)C1)OC1C2CC3C(=O)OC1C3O2. The van der Waals surface area contributed by atoms with Crippen molar-refractivity contribution in [3.8, 4) is 0 Å². The maximum absolute atomic E-state index is 13.9. The lowest BCUT2D eigenvalue weighted by Crippen LogP contribution is -2.65. The lowest BCUT2D eigenvalue weighted by atomic mass is 9.51. The number of alkyl halides is 2. The molecule has 0 aromatic rings. The average Bonchev–Trinajstić information content (AvgIpc) is 3.53. The van der Waals surface area contributed by atoms with Gasteiger partial charge in [-0.15, -0.1) is 0 Å². The van der Waals surface area contributed by atoms with Crippen LogP contribution in [0.3, 0.4) is 0 Å². The van der Waals surface area contributed by atoms with Crippen molar-refractivity contribution in [2.75, 3.05) is 0 Å². The fraction of sp³-hybridized carbons (Fsp3) is 0.826. The van der Waals surface area contributed by atoms with Gasteiger partial charge >= 0.3 is 39.2 Å². The molecule has 4 saturated heterocycles. The fourth-order valence-electron chi connectivity index (χ4n) is 8.08. The highest BCUT2D eigenvalue weighted by Crippen LogP contribution is 2.64. The first-order valence-electron chi connectivity index (χ1n) is 12.8. The number of carbonyl (C=O) groups excluding carboxylic acids is 4. The zero-order valence-corrected chi connectivity index (χ0v) is 21.0. The molecule has 8 fully saturated rings. The van der Waals surface area contributed by atoms with Crippen molar-refractivity contribution >= 4 is 34.0 Å². The van der Waals surface area contributed by atoms with E-state index in [0.717, 1.165) is 0 Å². The second-order valence-corrected chi connectivity index (χ2v) is 13.2. The Labute approximate surface area is 219 Å². The fourth-order valence-corrected chi connectivity index (χ4v) is 8.33. The van der Waals surface area contributed by atoms with Crippen LogP contribution in [0.4, 0.5) is 8.78 Å². The summed E-state index contributed by atoms with van der Waals surface area (Å²) in [5, 5.41) is -5.13. The minimum atomic E-state index is -6.03. The van der Waals surface area contributed by atoms with Gasteiger partial charge in [0.05, 0.1) is 18.4 Å². The van der Waals surface area contributed by atoms with Gasteiger partial charge in [0.1, 0.15) is 11.7 Å². The summed E-state index contributed by atoms with van der Waals surface area (Å²) in [4.78, 5) is 49.5. The highest BCUT2D eigenvalue weighted by Gasteiger charge is 2.71. The smallest absolute Gasteiger partial charge is 0.455 e. The molecular formula is C23H24F2O13S. The van der Waals surface area contributed by atoms with Crippen LogP contribution in [0, 0.1) is 23.7 Å². The van der Waals surface area contributed by atoms with E-state index in [2.05, 4.69) is 0 Å². The van der Waals surface area contributed by atoms with Crippen LogP contribution in [0.5, 0.6) is 0 Å². The molecule has 8 rings (SSSR count). The first-order valence-corrected chi connectivity index (χ1v) is 14.2. The van der Waals surface area contributed by atoms with Crippen molar-refractivity contribution in [2.24, 2.45) is 23.7 Å². The van der Waals surface area contributed by atoms with Gasteiger partial charge in [0.2, 0.25) is 5.79 Å². The molecule has 0 aromatic heterocycles. The van der Waals surface area contributed by atoms with E-state index in [4.69, 9.17) is 33.0 Å². The van der Waals surface area contributed by atoms with Crippen molar-refractivity contribution in [3.05, 3.63) is 0 Å². The van der Waals surface area contributed by atoms with E-state index in [0.29, 0.717) is 19.3 Å². The van der Waals surface area contributed by atoms with E-state index in [9.17, 15) is 36.4 Å². The van der Waals surface area contributed by atoms with Crippen LogP contribution in [-0.4, -0.2) is 84.0 Å². The number of halogens is 2. The second-order valence-electron chi connectivity index (χ2n) is 11.7. The molecule has 8 aliphatic rings. The van der Waals surface area contributed by atoms with Crippen molar-refractivity contribution < 1.29 is 69.4 Å². The summed E-state index contributed by atoms with van der Waals surface area (Å²) in [5.41, 5.74) is -1.43. The van der Waals surface area contributed by atoms with Crippen LogP contribution in [0.1, 0.15) is 44.9 Å². The number of fused-ring (bicyclic) bond motifs is 1. The summed E-state index contributed by atoms with van der Waals surface area (Å²) in [6.45, 7) is 0. The molecule has 0 aromatic carbocycles. The molecule has 4 saturated carbocycles. The van der Waals surface area contributed by atoms with E-state index in [-0.39, 0.29) is 37.1 Å². The summed E-state index contributed by atoms with van der Waals surface area (Å²) < 4.78 is 91.9. The average molecular weight is 578 g/mol. The minimum absolute atomic E-state index is 0.0333. The highest BCUT2D eigenvalue weighted by molar-refractivity contribution is 7.87. The second kappa shape index (κ2) is 7.85. The third kappa shape index (κ3) is 3.53. The maximum Gasteiger partial charge on any atom is 0.465 e. The Hall–Kier alpha value is -2.43. The van der Waals surface area contributed by atoms with Crippen molar-refractivity contribution in [2.45, 2.75) is 92.1 Å². The van der Waals surface area contributed by atoms with Crippen LogP contribution >= 0.6 is 0 Å². The third-order valence-electron chi connectivity index (χ3n) is 9.39. The Kier molecular flexibility index (Phi) is 5.14. The van der Waals surface area contributed by atoms with E-state index in [1.807, 2.05) is 0 Å². The molecule has 16 heteroatoms. The van der Waals surface area contributed by atoms with Crippen molar-refractivity contribution in [1.29, 1.82) is 0 Å². The molecule has 0 radical (unpaired) electrons. The van der Waals surface area contributed by atoms with Crippen molar-refractivity contribution in [3.63, 3.8) is 0 Å². The lowest BCUT2D eigenvalue weighted by molar-refractivity contribution is -0.317. The molecule has 1 N–H and O–H groups in total. The van der Waals surface area contributed by atoms with E-state index in [1.165, 1.54) is 0 Å². The summed E-state index contributed by atoms with van der Waals surface area (Å²) in [6, 6.07) is 0. The van der Waals surface area contributed by atoms with Crippen molar-refractivity contribution in [1.82, 2.24) is 0 Å². The first-order chi connectivity index (χ1) is 18.2. The lowest BCUT2D eigenvalue weighted by Gasteiger charge is -2.61. The standard InChI is InChI=1S/C23H24F2O13S/c24-23(25,39(30,31)32)20(29)38-21-5-8-1-9(6-21)22(10(2-8)7-21)36-13(19(28)37-22)4-14(26)34-16-12-3-11-15(33-12)17(16)35-18(11)27/h8-13,15-17H,1-7H2,(H,30,31,32). The molecule has 1 spiro atoms. The zero-order chi connectivity index (χ0) is 27.7. The Morgan fingerprint density at radius 2 is 1.74 bits per heavy atom. The Morgan fingerprint density at radius 1 is 1.05 bits per heavy atom. The number of esters is 4. The Bertz CT molecular complexity index is 1270. The molecule has 6 bridgehead atoms. The summed E-state index contributed by atoms with van der Waals surface area (Å²) >= 11 is 0. The van der Waals surface area contributed by atoms with Gasteiger partial charge in [0, 0.05) is 11.8 Å². The molecule has 4 heterocycles. The highest BCUT2D eigenvalue weighted by atomic mass is 32.2. The predicted molar refractivity (Wildman–Crippen MR) is 114 cm³/mol. The van der Waals surface area contributed by atoms with Gasteiger partial charge in [-0.1, -0.05) is 0 Å². The number of ether oxygens (including phenoxy) is 6. The molecule has 4 aliphatic heterocycles. The predicted octanol–water partition coefficient (Wildman–Crippen LogP) is 0.242. The van der Waals surface area contributed by atoms with Gasteiger partial charge in [-0.3, -0.25) is 14.1 Å². The van der Waals surface area contributed by atoms with Crippen LogP contribution in [0.15, 0.2) is 0 Å². The Balaban J connectivity index is 1.03. The van der Waals surface area contributed by atoms with E-state index in [1.54, 1.807) is 0 Å². The summed E-state index contributed by atoms with van der Waals surface area (Å²) in [6.07, 6.45) is -2.68. The summed E-state index contributed by atoms with van der Waals surface area (Å²) in [5.74, 6) is -7.33. The molecule has 4 aliphatic carbocycles. The van der Waals surface area contributed by atoms with Gasteiger partial charge in [-0.25, -0.2) is 9.59 Å². The molecule has 39 heavy (non-hydrogen) atoms. The zero-order valence-electron chi connectivity index (χ0n) is 20.2. The minimum Gasteiger partial charge on any atom is -0.455 e. The number of carbonyl (C=O) groups is 4. The molecule has 214 valence electrons. The molecular weight excluding hydrogens is 554 g/mol. The maximum atomic E-state index is 13.9. The van der Waals surface area contributed by atoms with Gasteiger partial charge in [-0.05, 0) is 44.4 Å². The number of hydrogen-bond acceptors (Lipinski definition) is 12. The monoisotopic (exact) mass is 578 g/mol. The molecule has 8 unspecified atom stereocenters. The Morgan fingerprint density at radius 3 is 2.41 bits per heavy atom. The van der Waals surface area contributed by atoms with Gasteiger partial charge in [0.25, 0.3) is 0 Å². The molecule has 8 atom stereocenters.